The molecule has 2 heterocycles. The van der Waals surface area contributed by atoms with Crippen LogP contribution in [-0.4, -0.2) is 55.4 Å². The van der Waals surface area contributed by atoms with E-state index in [1.807, 2.05) is 81.4 Å². The van der Waals surface area contributed by atoms with E-state index in [2.05, 4.69) is 26.1 Å². The zero-order valence-electron chi connectivity index (χ0n) is 29.5. The highest BCUT2D eigenvalue weighted by Gasteiger charge is 2.46. The summed E-state index contributed by atoms with van der Waals surface area (Å²) in [7, 11) is 1.69. The number of ether oxygens (including phenoxy) is 5. The number of aliphatic hydroxyl groups is 1. The maximum absolute atomic E-state index is 13.8. The topological polar surface area (TPSA) is 95.5 Å². The number of esters is 1. The maximum atomic E-state index is 13.8. The number of hydrogen-bond acceptors (Lipinski definition) is 8. The minimum absolute atomic E-state index is 0.129. The third kappa shape index (κ3) is 8.05. The number of nitrogens with one attached hydrogen (secondary N) is 1. The molecule has 1 fully saturated rings. The normalized spacial score (nSPS) is 23.8. The first kappa shape index (κ1) is 35.9. The van der Waals surface area contributed by atoms with Gasteiger partial charge in [0.1, 0.15) is 42.6 Å². The summed E-state index contributed by atoms with van der Waals surface area (Å²) in [6, 6.07) is 21.6. The molecule has 0 spiro atoms. The largest absolute Gasteiger partial charge is 0.488 e. The Balaban J connectivity index is 1.37. The molecular weight excluding hydrogens is 606 g/mol. The number of likely N-dealkylation sites (N-methyl/N-ethyl adjacent to an activating group) is 1. The lowest BCUT2D eigenvalue weighted by molar-refractivity contribution is -0.197. The first-order valence-corrected chi connectivity index (χ1v) is 17.3. The molecule has 7 atom stereocenters. The Bertz CT molecular complexity index is 1490. The third-order valence-electron chi connectivity index (χ3n) is 10.6. The summed E-state index contributed by atoms with van der Waals surface area (Å²) in [5, 5.41) is 15.1. The first-order chi connectivity index (χ1) is 23.0. The average Bonchev–Trinajstić information content (AvgIpc) is 3.09. The van der Waals surface area contributed by atoms with Crippen molar-refractivity contribution in [1.82, 2.24) is 5.32 Å². The fraction of sp³-hybridized carbons (Fsp3) is 0.525. The Morgan fingerprint density at radius 3 is 2.17 bits per heavy atom. The molecule has 0 saturated carbocycles. The molecule has 3 aromatic rings. The van der Waals surface area contributed by atoms with E-state index >= 15 is 0 Å². The molecule has 8 heteroatoms. The molecule has 8 nitrogen and oxygen atoms in total. The highest BCUT2D eigenvalue weighted by Crippen LogP contribution is 2.45. The molecule has 0 radical (unpaired) electrons. The van der Waals surface area contributed by atoms with Crippen LogP contribution in [0.2, 0.25) is 0 Å². The van der Waals surface area contributed by atoms with Crippen molar-refractivity contribution in [3.05, 3.63) is 94.5 Å². The second-order valence-corrected chi connectivity index (χ2v) is 14.0. The van der Waals surface area contributed by atoms with Crippen LogP contribution in [0, 0.1) is 24.2 Å². The zero-order chi connectivity index (χ0) is 34.4. The highest BCUT2D eigenvalue weighted by molar-refractivity contribution is 5.96. The predicted molar refractivity (Wildman–Crippen MR) is 186 cm³/mol. The molecule has 0 amide bonds. The van der Waals surface area contributed by atoms with Crippen molar-refractivity contribution in [3.8, 4) is 11.5 Å². The van der Waals surface area contributed by atoms with Gasteiger partial charge in [0, 0.05) is 31.9 Å². The lowest BCUT2D eigenvalue weighted by Gasteiger charge is -2.49. The SMILES string of the molecule is CCNC(OC)C1CC(C)C(C)(C)C(CC(O)C(C)C2Cc3c(C)c(OCc4ccccc4)cc(OCc4ccccc4)c3C(=O)O2)O1. The van der Waals surface area contributed by atoms with Gasteiger partial charge in [-0.3, -0.25) is 5.32 Å². The zero-order valence-corrected chi connectivity index (χ0v) is 29.5. The summed E-state index contributed by atoms with van der Waals surface area (Å²) >= 11 is 0. The maximum Gasteiger partial charge on any atom is 0.342 e. The monoisotopic (exact) mass is 659 g/mol. The summed E-state index contributed by atoms with van der Waals surface area (Å²) in [5.74, 6) is 0.660. The van der Waals surface area contributed by atoms with Crippen LogP contribution in [0.3, 0.4) is 0 Å². The van der Waals surface area contributed by atoms with Crippen LogP contribution >= 0.6 is 0 Å². The minimum Gasteiger partial charge on any atom is -0.488 e. The van der Waals surface area contributed by atoms with Crippen LogP contribution in [0.25, 0.3) is 0 Å². The lowest BCUT2D eigenvalue weighted by atomic mass is 9.68. The molecular formula is C40H53NO7. The van der Waals surface area contributed by atoms with Crippen LogP contribution in [0.5, 0.6) is 11.5 Å². The van der Waals surface area contributed by atoms with Crippen molar-refractivity contribution in [2.45, 2.75) is 105 Å². The molecule has 48 heavy (non-hydrogen) atoms. The van der Waals surface area contributed by atoms with Crippen LogP contribution in [0.1, 0.15) is 80.1 Å². The summed E-state index contributed by atoms with van der Waals surface area (Å²) in [6.45, 7) is 14.1. The van der Waals surface area contributed by atoms with Crippen molar-refractivity contribution >= 4 is 5.97 Å². The molecule has 0 aromatic heterocycles. The molecule has 260 valence electrons. The van der Waals surface area contributed by atoms with Gasteiger partial charge in [-0.25, -0.2) is 4.79 Å². The summed E-state index contributed by atoms with van der Waals surface area (Å²) in [4.78, 5) is 13.8. The van der Waals surface area contributed by atoms with Gasteiger partial charge in [0.05, 0.1) is 18.3 Å². The number of aliphatic hydroxyl groups excluding tert-OH is 1. The average molecular weight is 660 g/mol. The molecule has 7 unspecified atom stereocenters. The van der Waals surface area contributed by atoms with E-state index in [1.165, 1.54) is 0 Å². The summed E-state index contributed by atoms with van der Waals surface area (Å²) < 4.78 is 31.1. The highest BCUT2D eigenvalue weighted by atomic mass is 16.6. The van der Waals surface area contributed by atoms with Gasteiger partial charge < -0.3 is 28.8 Å². The van der Waals surface area contributed by atoms with Gasteiger partial charge >= 0.3 is 5.97 Å². The van der Waals surface area contributed by atoms with Gasteiger partial charge in [0.2, 0.25) is 0 Å². The minimum atomic E-state index is -0.758. The van der Waals surface area contributed by atoms with Gasteiger partial charge in [0.25, 0.3) is 0 Å². The Kier molecular flexibility index (Phi) is 11.8. The first-order valence-electron chi connectivity index (χ1n) is 17.3. The molecule has 3 aromatic carbocycles. The molecule has 5 rings (SSSR count). The number of benzene rings is 3. The van der Waals surface area contributed by atoms with E-state index in [0.29, 0.717) is 49.0 Å². The van der Waals surface area contributed by atoms with Crippen LogP contribution in [-0.2, 0) is 33.8 Å². The number of methoxy groups -OCH3 is 1. The van der Waals surface area contributed by atoms with Crippen molar-refractivity contribution in [1.29, 1.82) is 0 Å². The quantitative estimate of drug-likeness (QED) is 0.141. The standard InChI is InChI=1S/C40H53NO7/c1-8-41-38(44-7)35-19-25(2)40(5,6)36(47-35)21-31(42)27(4)33-20-30-26(3)32(45-23-28-15-11-9-12-16-28)22-34(37(30)39(43)48-33)46-24-29-17-13-10-14-18-29/h9-18,22,25,27,31,33,35-36,38,41-42H,8,19-21,23-24H2,1-7H3. The van der Waals surface area contributed by atoms with E-state index in [9.17, 15) is 9.90 Å². The van der Waals surface area contributed by atoms with Gasteiger partial charge in [0.15, 0.2) is 0 Å². The lowest BCUT2D eigenvalue weighted by Crippen LogP contribution is -2.54. The fourth-order valence-corrected chi connectivity index (χ4v) is 6.95. The molecule has 1 saturated heterocycles. The van der Waals surface area contributed by atoms with Crippen LogP contribution in [0.15, 0.2) is 66.7 Å². The number of cyclic esters (lactones) is 1. The van der Waals surface area contributed by atoms with E-state index in [0.717, 1.165) is 35.2 Å². The third-order valence-corrected chi connectivity index (χ3v) is 10.6. The number of fused-ring (bicyclic) bond motifs is 1. The molecule has 0 aliphatic carbocycles. The predicted octanol–water partition coefficient (Wildman–Crippen LogP) is 7.02. The number of rotatable bonds is 14. The van der Waals surface area contributed by atoms with E-state index in [1.54, 1.807) is 13.2 Å². The van der Waals surface area contributed by atoms with Crippen molar-refractivity contribution < 1.29 is 33.6 Å². The number of carbonyl (C=O) groups is 1. The number of carbonyl (C=O) groups excluding carboxylic acids is 1. The van der Waals surface area contributed by atoms with Gasteiger partial charge in [-0.15, -0.1) is 0 Å². The smallest absolute Gasteiger partial charge is 0.342 e. The van der Waals surface area contributed by atoms with E-state index in [4.69, 9.17) is 23.7 Å². The Morgan fingerprint density at radius 2 is 1.58 bits per heavy atom. The second-order valence-electron chi connectivity index (χ2n) is 14.0. The number of hydrogen-bond donors (Lipinski definition) is 2. The molecule has 2 N–H and O–H groups in total. The van der Waals surface area contributed by atoms with Crippen molar-refractivity contribution in [2.24, 2.45) is 17.3 Å². The van der Waals surface area contributed by atoms with Gasteiger partial charge in [-0.05, 0) is 53.5 Å². The van der Waals surface area contributed by atoms with Crippen LogP contribution < -0.4 is 14.8 Å². The Hall–Kier alpha value is -3.43. The van der Waals surface area contributed by atoms with E-state index in [-0.39, 0.29) is 29.8 Å². The summed E-state index contributed by atoms with van der Waals surface area (Å²) in [5.41, 5.74) is 4.01. The van der Waals surface area contributed by atoms with Gasteiger partial charge in [-0.2, -0.15) is 0 Å². The summed E-state index contributed by atoms with van der Waals surface area (Å²) in [6.07, 6.45) is -0.120. The molecule has 2 aliphatic heterocycles. The fourth-order valence-electron chi connectivity index (χ4n) is 6.95. The Morgan fingerprint density at radius 1 is 0.979 bits per heavy atom. The van der Waals surface area contributed by atoms with Crippen LogP contribution in [0.4, 0.5) is 0 Å². The van der Waals surface area contributed by atoms with Gasteiger partial charge in [-0.1, -0.05) is 95.3 Å². The molecule has 0 bridgehead atoms. The van der Waals surface area contributed by atoms with Crippen molar-refractivity contribution in [3.63, 3.8) is 0 Å². The molecule has 2 aliphatic rings. The Labute approximate surface area is 286 Å². The van der Waals surface area contributed by atoms with E-state index < -0.39 is 18.2 Å². The second kappa shape index (κ2) is 15.9. The van der Waals surface area contributed by atoms with Crippen molar-refractivity contribution in [2.75, 3.05) is 13.7 Å².